The summed E-state index contributed by atoms with van der Waals surface area (Å²) in [6, 6.07) is 0. The quantitative estimate of drug-likeness (QED) is 0.512. The first-order valence-electron chi connectivity index (χ1n) is 3.62. The molecule has 0 saturated carbocycles. The molecule has 0 atom stereocenters. The number of rotatable bonds is 3. The van der Waals surface area contributed by atoms with Gasteiger partial charge >= 0.3 is 11.2 Å². The fraction of sp³-hybridized carbons (Fsp3) is 0.333. The molecule has 0 fully saturated rings. The van der Waals surface area contributed by atoms with Gasteiger partial charge in [-0.05, 0) is 6.92 Å². The molecule has 1 rings (SSSR count). The van der Waals surface area contributed by atoms with Crippen LogP contribution in [0.1, 0.15) is 6.92 Å². The number of nitrogens with zero attached hydrogens (tertiary/aromatic N) is 2. The van der Waals surface area contributed by atoms with E-state index in [1.54, 1.807) is 6.92 Å². The first-order valence-corrected chi connectivity index (χ1v) is 3.62. The lowest BCUT2D eigenvalue weighted by Crippen LogP contribution is -2.15. The summed E-state index contributed by atoms with van der Waals surface area (Å²) in [5, 5.41) is 13.0. The Bertz CT molecular complexity index is 372. The monoisotopic (exact) mass is 184 g/mol. The average Bonchev–Trinajstić information content (AvgIpc) is 2.04. The molecule has 0 aliphatic carbocycles. The third-order valence-corrected chi connectivity index (χ3v) is 1.36. The van der Waals surface area contributed by atoms with Crippen LogP contribution in [-0.4, -0.2) is 21.4 Å². The van der Waals surface area contributed by atoms with Crippen LogP contribution in [0.2, 0.25) is 0 Å². The van der Waals surface area contributed by atoms with Gasteiger partial charge in [-0.3, -0.25) is 14.9 Å². The highest BCUT2D eigenvalue weighted by molar-refractivity contribution is 5.53. The molecule has 7 nitrogen and oxygen atoms in total. The summed E-state index contributed by atoms with van der Waals surface area (Å²) in [7, 11) is 0. The van der Waals surface area contributed by atoms with Crippen molar-refractivity contribution in [2.75, 3.05) is 11.9 Å². The van der Waals surface area contributed by atoms with Gasteiger partial charge in [0.15, 0.2) is 0 Å². The van der Waals surface area contributed by atoms with Gasteiger partial charge in [-0.15, -0.1) is 0 Å². The Morgan fingerprint density at radius 1 is 1.77 bits per heavy atom. The van der Waals surface area contributed by atoms with Crippen LogP contribution in [0, 0.1) is 10.1 Å². The normalized spacial score (nSPS) is 9.62. The van der Waals surface area contributed by atoms with Crippen molar-refractivity contribution in [3.05, 3.63) is 26.8 Å². The standard InChI is InChI=1S/C6H8N4O3/c1-2-7-5-4(10(12)13)6(11)9-3-8-5/h3H,2H2,1H3,(H2,7,8,9,11). The van der Waals surface area contributed by atoms with E-state index < -0.39 is 16.2 Å². The molecule has 7 heteroatoms. The second kappa shape index (κ2) is 3.65. The minimum absolute atomic E-state index is 0.00347. The van der Waals surface area contributed by atoms with Gasteiger partial charge in [0.25, 0.3) is 0 Å². The first kappa shape index (κ1) is 9.17. The van der Waals surface area contributed by atoms with Crippen molar-refractivity contribution in [1.29, 1.82) is 0 Å². The SMILES string of the molecule is CCNc1nc[nH]c(=O)c1[N+](=O)[O-]. The van der Waals surface area contributed by atoms with E-state index in [2.05, 4.69) is 15.3 Å². The summed E-state index contributed by atoms with van der Waals surface area (Å²) in [6.45, 7) is 2.23. The van der Waals surface area contributed by atoms with Crippen LogP contribution in [0.5, 0.6) is 0 Å². The van der Waals surface area contributed by atoms with Crippen molar-refractivity contribution in [2.45, 2.75) is 6.92 Å². The molecule has 1 aromatic heterocycles. The van der Waals surface area contributed by atoms with Crippen molar-refractivity contribution < 1.29 is 4.92 Å². The van der Waals surface area contributed by atoms with Crippen LogP contribution in [-0.2, 0) is 0 Å². The van der Waals surface area contributed by atoms with E-state index in [1.807, 2.05) is 0 Å². The summed E-state index contributed by atoms with van der Waals surface area (Å²) in [5.41, 5.74) is -1.31. The summed E-state index contributed by atoms with van der Waals surface area (Å²) >= 11 is 0. The highest BCUT2D eigenvalue weighted by Crippen LogP contribution is 2.13. The first-order chi connectivity index (χ1) is 6.16. The zero-order chi connectivity index (χ0) is 9.84. The second-order valence-electron chi connectivity index (χ2n) is 2.22. The molecule has 0 aliphatic heterocycles. The molecule has 0 radical (unpaired) electrons. The lowest BCUT2D eigenvalue weighted by molar-refractivity contribution is -0.385. The number of anilines is 1. The van der Waals surface area contributed by atoms with Gasteiger partial charge in [0.05, 0.1) is 11.3 Å². The minimum Gasteiger partial charge on any atom is -0.364 e. The molecule has 0 spiro atoms. The van der Waals surface area contributed by atoms with Crippen molar-refractivity contribution >= 4 is 11.5 Å². The number of nitro groups is 1. The fourth-order valence-electron chi connectivity index (χ4n) is 0.859. The van der Waals surface area contributed by atoms with Crippen molar-refractivity contribution in [1.82, 2.24) is 9.97 Å². The molecule has 0 amide bonds. The van der Waals surface area contributed by atoms with Crippen LogP contribution in [0.15, 0.2) is 11.1 Å². The lowest BCUT2D eigenvalue weighted by Gasteiger charge is -2.00. The topological polar surface area (TPSA) is 101 Å². The Balaban J connectivity index is 3.26. The number of aromatic nitrogens is 2. The fourth-order valence-corrected chi connectivity index (χ4v) is 0.859. The van der Waals surface area contributed by atoms with Crippen molar-refractivity contribution in [2.24, 2.45) is 0 Å². The lowest BCUT2D eigenvalue weighted by atomic mass is 10.4. The zero-order valence-electron chi connectivity index (χ0n) is 6.90. The van der Waals surface area contributed by atoms with E-state index in [9.17, 15) is 14.9 Å². The highest BCUT2D eigenvalue weighted by Gasteiger charge is 2.19. The molecule has 0 unspecified atom stereocenters. The average molecular weight is 184 g/mol. The summed E-state index contributed by atoms with van der Waals surface area (Å²) in [5.74, 6) is -0.00347. The van der Waals surface area contributed by atoms with Crippen molar-refractivity contribution in [3.8, 4) is 0 Å². The molecule has 0 aromatic carbocycles. The third-order valence-electron chi connectivity index (χ3n) is 1.36. The Morgan fingerprint density at radius 3 is 3.00 bits per heavy atom. The number of aromatic amines is 1. The predicted octanol–water partition coefficient (Wildman–Crippen LogP) is 0.110. The maximum absolute atomic E-state index is 11.0. The minimum atomic E-state index is -0.760. The molecule has 0 aliphatic rings. The number of H-pyrrole nitrogens is 1. The van der Waals surface area contributed by atoms with E-state index in [0.29, 0.717) is 6.54 Å². The van der Waals surface area contributed by atoms with Crippen molar-refractivity contribution in [3.63, 3.8) is 0 Å². The Kier molecular flexibility index (Phi) is 2.58. The smallest absolute Gasteiger partial charge is 0.364 e. The third kappa shape index (κ3) is 1.81. The second-order valence-corrected chi connectivity index (χ2v) is 2.22. The van der Waals surface area contributed by atoms with Crippen LogP contribution in [0.4, 0.5) is 11.5 Å². The van der Waals surface area contributed by atoms with Crippen LogP contribution in [0.3, 0.4) is 0 Å². The van der Waals surface area contributed by atoms with E-state index >= 15 is 0 Å². The number of nitrogens with one attached hydrogen (secondary N) is 2. The van der Waals surface area contributed by atoms with Gasteiger partial charge in [-0.1, -0.05) is 0 Å². The van der Waals surface area contributed by atoms with E-state index in [0.717, 1.165) is 6.33 Å². The van der Waals surface area contributed by atoms with Gasteiger partial charge < -0.3 is 10.3 Å². The molecule has 70 valence electrons. The van der Waals surface area contributed by atoms with E-state index in [1.165, 1.54) is 0 Å². The van der Waals surface area contributed by atoms with E-state index in [-0.39, 0.29) is 5.82 Å². The molecule has 13 heavy (non-hydrogen) atoms. The van der Waals surface area contributed by atoms with Gasteiger partial charge in [0.1, 0.15) is 0 Å². The molecule has 1 aromatic rings. The molecule has 1 heterocycles. The summed E-state index contributed by atoms with van der Waals surface area (Å²) in [6.07, 6.45) is 1.12. The Labute approximate surface area is 73.0 Å². The molecule has 2 N–H and O–H groups in total. The zero-order valence-corrected chi connectivity index (χ0v) is 6.90. The van der Waals surface area contributed by atoms with E-state index in [4.69, 9.17) is 0 Å². The summed E-state index contributed by atoms with van der Waals surface area (Å²) < 4.78 is 0. The maximum atomic E-state index is 11.0. The Hall–Kier alpha value is -1.92. The van der Waals surface area contributed by atoms with Crippen LogP contribution >= 0.6 is 0 Å². The molecular weight excluding hydrogens is 176 g/mol. The maximum Gasteiger partial charge on any atom is 0.375 e. The van der Waals surface area contributed by atoms with Gasteiger partial charge in [-0.25, -0.2) is 4.98 Å². The van der Waals surface area contributed by atoms with Gasteiger partial charge in [0, 0.05) is 6.54 Å². The van der Waals surface area contributed by atoms with Gasteiger partial charge in [0.2, 0.25) is 5.82 Å². The number of hydrogen-bond acceptors (Lipinski definition) is 5. The van der Waals surface area contributed by atoms with Crippen LogP contribution < -0.4 is 10.9 Å². The predicted molar refractivity (Wildman–Crippen MR) is 45.7 cm³/mol. The molecule has 0 bridgehead atoms. The van der Waals surface area contributed by atoms with Crippen LogP contribution in [0.25, 0.3) is 0 Å². The molecule has 0 saturated heterocycles. The Morgan fingerprint density at radius 2 is 2.46 bits per heavy atom. The largest absolute Gasteiger partial charge is 0.375 e. The highest BCUT2D eigenvalue weighted by atomic mass is 16.6. The number of hydrogen-bond donors (Lipinski definition) is 2. The molecular formula is C6H8N4O3. The van der Waals surface area contributed by atoms with Gasteiger partial charge in [-0.2, -0.15) is 0 Å². The summed E-state index contributed by atoms with van der Waals surface area (Å²) in [4.78, 5) is 26.4.